The molecule has 0 spiro atoms. The van der Waals surface area contributed by atoms with Gasteiger partial charge in [-0.3, -0.25) is 0 Å². The summed E-state index contributed by atoms with van der Waals surface area (Å²) in [5.41, 5.74) is 0.316. The Kier molecular flexibility index (Phi) is 3.97. The molecule has 1 aromatic carbocycles. The molecule has 1 rings (SSSR count). The molecule has 0 atom stereocenters. The Morgan fingerprint density at radius 1 is 1.41 bits per heavy atom. The smallest absolute Gasteiger partial charge is 0.318 e. The second-order valence-corrected chi connectivity index (χ2v) is 4.98. The number of urea groups is 1. The monoisotopic (exact) mass is 251 g/mol. The highest BCUT2D eigenvalue weighted by Gasteiger charge is 2.16. The van der Waals surface area contributed by atoms with Crippen LogP contribution in [-0.2, 0) is 0 Å². The van der Waals surface area contributed by atoms with E-state index in [1.807, 2.05) is 20.8 Å². The molecule has 0 saturated heterocycles. The van der Waals surface area contributed by atoms with Crippen molar-refractivity contribution < 1.29 is 4.79 Å². The van der Waals surface area contributed by atoms with E-state index in [2.05, 4.69) is 15.5 Å². The molecule has 0 fully saturated rings. The van der Waals surface area contributed by atoms with Gasteiger partial charge in [0.05, 0.1) is 17.3 Å². The molecule has 4 nitrogen and oxygen atoms in total. The molecule has 0 aliphatic rings. The number of nitrogens with zero attached hydrogens (tertiary/aromatic N) is 1. The summed E-state index contributed by atoms with van der Waals surface area (Å²) in [5, 5.41) is 5.67. The Hall–Kier alpha value is -1.73. The number of anilines is 1. The predicted molar refractivity (Wildman–Crippen MR) is 69.6 cm³/mol. The molecule has 0 heterocycles. The van der Waals surface area contributed by atoms with Crippen molar-refractivity contribution in [3.63, 3.8) is 0 Å². The predicted octanol–water partition coefficient (Wildman–Crippen LogP) is 3.81. The molecule has 0 aliphatic carbocycles. The van der Waals surface area contributed by atoms with Crippen LogP contribution in [0.5, 0.6) is 0 Å². The number of nitrogens with one attached hydrogen (secondary N) is 2. The molecule has 0 saturated carbocycles. The lowest BCUT2D eigenvalue weighted by atomic mass is 10.1. The maximum Gasteiger partial charge on any atom is 0.318 e. The zero-order valence-corrected chi connectivity index (χ0v) is 10.7. The molecule has 17 heavy (non-hydrogen) atoms. The van der Waals surface area contributed by atoms with Crippen molar-refractivity contribution in [1.82, 2.24) is 5.32 Å². The molecule has 5 heteroatoms. The van der Waals surface area contributed by atoms with Crippen LogP contribution in [0.25, 0.3) is 4.85 Å². The SMILES string of the molecule is [C-]#[N+]c1cccc(Cl)c1NC(=O)NC(C)(C)C. The number of benzene rings is 1. The molecule has 0 radical (unpaired) electrons. The van der Waals surface area contributed by atoms with Crippen LogP contribution in [0.15, 0.2) is 18.2 Å². The maximum atomic E-state index is 11.7. The average Bonchev–Trinajstić information content (AvgIpc) is 2.18. The Morgan fingerprint density at radius 3 is 2.59 bits per heavy atom. The van der Waals surface area contributed by atoms with Crippen molar-refractivity contribution in [2.45, 2.75) is 26.3 Å². The van der Waals surface area contributed by atoms with Crippen LogP contribution in [0.1, 0.15) is 20.8 Å². The molecular formula is C12H14ClN3O. The average molecular weight is 252 g/mol. The van der Waals surface area contributed by atoms with Crippen LogP contribution in [0.4, 0.5) is 16.2 Å². The van der Waals surface area contributed by atoms with Gasteiger partial charge in [0.1, 0.15) is 0 Å². The van der Waals surface area contributed by atoms with Crippen molar-refractivity contribution in [1.29, 1.82) is 0 Å². The zero-order chi connectivity index (χ0) is 13.1. The third-order valence-corrected chi connectivity index (χ3v) is 2.15. The Labute approximate surface area is 106 Å². The lowest BCUT2D eigenvalue weighted by Gasteiger charge is -2.21. The number of hydrogen-bond acceptors (Lipinski definition) is 1. The third kappa shape index (κ3) is 3.97. The van der Waals surface area contributed by atoms with Crippen LogP contribution in [-0.4, -0.2) is 11.6 Å². The van der Waals surface area contributed by atoms with Crippen LogP contribution in [0.2, 0.25) is 5.02 Å². The van der Waals surface area contributed by atoms with Crippen LogP contribution in [0.3, 0.4) is 0 Å². The second kappa shape index (κ2) is 5.07. The van der Waals surface area contributed by atoms with Crippen molar-refractivity contribution in [3.8, 4) is 0 Å². The van der Waals surface area contributed by atoms with Gasteiger partial charge in [-0.25, -0.2) is 9.64 Å². The van der Waals surface area contributed by atoms with Crippen molar-refractivity contribution in [2.24, 2.45) is 0 Å². The van der Waals surface area contributed by atoms with Crippen LogP contribution in [0, 0.1) is 6.57 Å². The molecule has 90 valence electrons. The fraction of sp³-hybridized carbons (Fsp3) is 0.333. The van der Waals surface area contributed by atoms with Gasteiger partial charge in [0.15, 0.2) is 0 Å². The van der Waals surface area contributed by atoms with Gasteiger partial charge in [-0.15, -0.1) is 0 Å². The summed E-state index contributed by atoms with van der Waals surface area (Å²) in [7, 11) is 0. The quantitative estimate of drug-likeness (QED) is 0.733. The Bertz CT molecular complexity index is 472. The maximum absolute atomic E-state index is 11.7. The standard InChI is InChI=1S/C12H14ClN3O/c1-12(2,3)16-11(17)15-10-8(13)6-5-7-9(10)14-4/h5-7H,1-3H3,(H2,15,16,17). The van der Waals surface area contributed by atoms with Gasteiger partial charge in [-0.1, -0.05) is 23.7 Å². The van der Waals surface area contributed by atoms with Crippen molar-refractivity contribution >= 4 is 29.0 Å². The number of carbonyl (C=O) groups is 1. The van der Waals surface area contributed by atoms with Gasteiger partial charge in [-0.05, 0) is 26.8 Å². The summed E-state index contributed by atoms with van der Waals surface area (Å²) < 4.78 is 0. The number of rotatable bonds is 1. The number of carbonyl (C=O) groups excluding carboxylic acids is 1. The lowest BCUT2D eigenvalue weighted by Crippen LogP contribution is -2.43. The first-order valence-corrected chi connectivity index (χ1v) is 5.46. The Morgan fingerprint density at radius 2 is 2.06 bits per heavy atom. The molecule has 0 aliphatic heterocycles. The minimum atomic E-state index is -0.379. The summed E-state index contributed by atoms with van der Waals surface area (Å²) in [6.45, 7) is 12.6. The molecule has 2 amide bonds. The van der Waals surface area contributed by atoms with Gasteiger partial charge in [0.2, 0.25) is 5.69 Å². The minimum Gasteiger partial charge on any atom is -0.333 e. The van der Waals surface area contributed by atoms with Gasteiger partial charge in [-0.2, -0.15) is 0 Å². The van der Waals surface area contributed by atoms with E-state index < -0.39 is 0 Å². The summed E-state index contributed by atoms with van der Waals surface area (Å²) in [6, 6.07) is 4.52. The second-order valence-electron chi connectivity index (χ2n) is 4.57. The fourth-order valence-corrected chi connectivity index (χ4v) is 1.43. The van der Waals surface area contributed by atoms with Gasteiger partial charge >= 0.3 is 6.03 Å². The van der Waals surface area contributed by atoms with Gasteiger partial charge in [0.25, 0.3) is 0 Å². The largest absolute Gasteiger partial charge is 0.333 e. The molecule has 0 aromatic heterocycles. The van der Waals surface area contributed by atoms with Crippen LogP contribution < -0.4 is 10.6 Å². The van der Waals surface area contributed by atoms with Crippen LogP contribution >= 0.6 is 11.6 Å². The summed E-state index contributed by atoms with van der Waals surface area (Å²) in [6.07, 6.45) is 0. The number of halogens is 1. The van der Waals surface area contributed by atoms with E-state index in [1.54, 1.807) is 18.2 Å². The van der Waals surface area contributed by atoms with Crippen molar-refractivity contribution in [3.05, 3.63) is 34.6 Å². The highest BCUT2D eigenvalue weighted by molar-refractivity contribution is 6.34. The summed E-state index contributed by atoms with van der Waals surface area (Å²) in [5.74, 6) is 0. The molecule has 0 bridgehead atoms. The van der Waals surface area contributed by atoms with E-state index in [4.69, 9.17) is 18.2 Å². The summed E-state index contributed by atoms with van der Waals surface area (Å²) in [4.78, 5) is 15.0. The topological polar surface area (TPSA) is 45.5 Å². The molecule has 0 unspecified atom stereocenters. The van der Waals surface area contributed by atoms with E-state index in [9.17, 15) is 4.79 Å². The summed E-state index contributed by atoms with van der Waals surface area (Å²) >= 11 is 5.94. The highest BCUT2D eigenvalue weighted by atomic mass is 35.5. The fourth-order valence-electron chi connectivity index (χ4n) is 1.22. The zero-order valence-electron chi connectivity index (χ0n) is 9.97. The van der Waals surface area contributed by atoms with E-state index in [0.29, 0.717) is 16.4 Å². The number of para-hydroxylation sites is 1. The van der Waals surface area contributed by atoms with E-state index >= 15 is 0 Å². The number of hydrogen-bond donors (Lipinski definition) is 2. The first-order chi connectivity index (χ1) is 7.83. The first-order valence-electron chi connectivity index (χ1n) is 5.08. The van der Waals surface area contributed by atoms with Gasteiger partial charge < -0.3 is 10.6 Å². The molecule has 1 aromatic rings. The first kappa shape index (κ1) is 13.3. The normalized spacial score (nSPS) is 10.5. The van der Waals surface area contributed by atoms with Gasteiger partial charge in [0, 0.05) is 5.54 Å². The molecular weight excluding hydrogens is 238 g/mol. The van der Waals surface area contributed by atoms with E-state index in [0.717, 1.165) is 0 Å². The number of amides is 2. The third-order valence-electron chi connectivity index (χ3n) is 1.84. The minimum absolute atomic E-state index is 0.321. The highest BCUT2D eigenvalue weighted by Crippen LogP contribution is 2.32. The molecule has 2 N–H and O–H groups in total. The Balaban J connectivity index is 2.89. The van der Waals surface area contributed by atoms with E-state index in [1.165, 1.54) is 0 Å². The van der Waals surface area contributed by atoms with E-state index in [-0.39, 0.29) is 11.6 Å². The van der Waals surface area contributed by atoms with Crippen molar-refractivity contribution in [2.75, 3.05) is 5.32 Å². The lowest BCUT2D eigenvalue weighted by molar-refractivity contribution is 0.244.